The van der Waals surface area contributed by atoms with Crippen molar-refractivity contribution >= 4 is 0 Å². The first-order valence-corrected chi connectivity index (χ1v) is 4.43. The topological polar surface area (TPSA) is 0 Å². The smallest absolute Gasteiger partial charge is 0.0138 e. The first-order chi connectivity index (χ1) is 5.38. The van der Waals surface area contributed by atoms with E-state index in [4.69, 9.17) is 0 Å². The number of allylic oxidation sites excluding steroid dienone is 4. The number of rotatable bonds is 3. The van der Waals surface area contributed by atoms with Crippen molar-refractivity contribution in [1.82, 2.24) is 0 Å². The molecule has 0 atom stereocenters. The zero-order valence-corrected chi connectivity index (χ0v) is 8.78. The molecule has 0 N–H and O–H groups in total. The fourth-order valence-electron chi connectivity index (χ4n) is 0.586. The molecule has 0 rings (SSSR count). The molecule has 0 heterocycles. The Labute approximate surface area is 76.7 Å². The number of hydrogen-bond donors (Lipinski definition) is 0. The van der Waals surface area contributed by atoms with Gasteiger partial charge in [0.1, 0.15) is 0 Å². The van der Waals surface area contributed by atoms with Crippen LogP contribution in [0.1, 0.15) is 34.1 Å². The lowest BCUT2D eigenvalue weighted by Gasteiger charge is -2.18. The SMILES string of the molecule is C=C(/C=C\C(=C)C(C)(C)C)CC. The van der Waals surface area contributed by atoms with Gasteiger partial charge in [-0.25, -0.2) is 0 Å². The van der Waals surface area contributed by atoms with Gasteiger partial charge in [0, 0.05) is 0 Å². The zero-order chi connectivity index (χ0) is 9.78. The summed E-state index contributed by atoms with van der Waals surface area (Å²) in [4.78, 5) is 0. The monoisotopic (exact) mass is 164 g/mol. The average Bonchev–Trinajstić information content (AvgIpc) is 1.97. The standard InChI is InChI=1S/C12H20/c1-7-10(2)8-9-11(3)12(4,5)6/h8-9H,2-3,7H2,1,4-6H3/b9-8-. The molecule has 0 radical (unpaired) electrons. The van der Waals surface area contributed by atoms with Crippen LogP contribution in [0, 0.1) is 5.41 Å². The quantitative estimate of drug-likeness (QED) is 0.551. The molecule has 0 bridgehead atoms. The molecule has 68 valence electrons. The normalized spacial score (nSPS) is 12.0. The predicted molar refractivity (Wildman–Crippen MR) is 57.2 cm³/mol. The second kappa shape index (κ2) is 4.30. The summed E-state index contributed by atoms with van der Waals surface area (Å²) in [6.07, 6.45) is 5.12. The highest BCUT2D eigenvalue weighted by molar-refractivity contribution is 5.27. The summed E-state index contributed by atoms with van der Waals surface area (Å²) in [5.41, 5.74) is 2.47. The van der Waals surface area contributed by atoms with Gasteiger partial charge < -0.3 is 0 Å². The van der Waals surface area contributed by atoms with Crippen molar-refractivity contribution in [2.75, 3.05) is 0 Å². The molecule has 0 aromatic carbocycles. The molecule has 0 fully saturated rings. The summed E-state index contributed by atoms with van der Waals surface area (Å²) >= 11 is 0. The lowest BCUT2D eigenvalue weighted by molar-refractivity contribution is 0.519. The fraction of sp³-hybridized carbons (Fsp3) is 0.500. The van der Waals surface area contributed by atoms with E-state index in [1.165, 1.54) is 0 Å². The Hall–Kier alpha value is -0.780. The van der Waals surface area contributed by atoms with Crippen molar-refractivity contribution in [3.8, 4) is 0 Å². The van der Waals surface area contributed by atoms with Crippen LogP contribution in [0.25, 0.3) is 0 Å². The van der Waals surface area contributed by atoms with Crippen molar-refractivity contribution < 1.29 is 0 Å². The second-order valence-electron chi connectivity index (χ2n) is 4.12. The molecule has 0 unspecified atom stereocenters. The summed E-state index contributed by atoms with van der Waals surface area (Å²) < 4.78 is 0. The van der Waals surface area contributed by atoms with E-state index < -0.39 is 0 Å². The maximum Gasteiger partial charge on any atom is -0.0138 e. The molecule has 0 nitrogen and oxygen atoms in total. The van der Waals surface area contributed by atoms with E-state index in [0.717, 1.165) is 17.6 Å². The van der Waals surface area contributed by atoms with Crippen LogP contribution in [0.4, 0.5) is 0 Å². The average molecular weight is 164 g/mol. The van der Waals surface area contributed by atoms with Crippen molar-refractivity contribution in [2.45, 2.75) is 34.1 Å². The minimum absolute atomic E-state index is 0.171. The minimum Gasteiger partial charge on any atom is -0.0958 e. The molecule has 12 heavy (non-hydrogen) atoms. The highest BCUT2D eigenvalue weighted by Crippen LogP contribution is 2.24. The molecular formula is C12H20. The molecular weight excluding hydrogens is 144 g/mol. The van der Waals surface area contributed by atoms with Gasteiger partial charge in [0.05, 0.1) is 0 Å². The Morgan fingerprint density at radius 3 is 2.00 bits per heavy atom. The van der Waals surface area contributed by atoms with Crippen LogP contribution in [-0.4, -0.2) is 0 Å². The molecule has 0 saturated carbocycles. The van der Waals surface area contributed by atoms with Crippen LogP contribution in [0.2, 0.25) is 0 Å². The Bertz CT molecular complexity index is 199. The van der Waals surface area contributed by atoms with E-state index in [2.05, 4.69) is 46.9 Å². The zero-order valence-electron chi connectivity index (χ0n) is 8.78. The van der Waals surface area contributed by atoms with Crippen LogP contribution in [0.5, 0.6) is 0 Å². The first-order valence-electron chi connectivity index (χ1n) is 4.43. The van der Waals surface area contributed by atoms with Crippen LogP contribution in [-0.2, 0) is 0 Å². The van der Waals surface area contributed by atoms with Gasteiger partial charge in [-0.3, -0.25) is 0 Å². The molecule has 0 amide bonds. The van der Waals surface area contributed by atoms with Gasteiger partial charge in [-0.2, -0.15) is 0 Å². The largest absolute Gasteiger partial charge is 0.0958 e. The van der Waals surface area contributed by atoms with E-state index in [0.29, 0.717) is 0 Å². The minimum atomic E-state index is 0.171. The maximum absolute atomic E-state index is 4.00. The fourth-order valence-corrected chi connectivity index (χ4v) is 0.586. The van der Waals surface area contributed by atoms with Crippen LogP contribution in [0.15, 0.2) is 36.5 Å². The molecule has 0 heteroatoms. The summed E-state index contributed by atoms with van der Waals surface area (Å²) in [5, 5.41) is 0. The number of hydrogen-bond acceptors (Lipinski definition) is 0. The van der Waals surface area contributed by atoms with Crippen molar-refractivity contribution in [3.05, 3.63) is 36.5 Å². The lowest BCUT2D eigenvalue weighted by Crippen LogP contribution is -2.05. The highest BCUT2D eigenvalue weighted by Gasteiger charge is 2.11. The van der Waals surface area contributed by atoms with E-state index in [1.54, 1.807) is 0 Å². The molecule has 0 aromatic heterocycles. The summed E-state index contributed by atoms with van der Waals surface area (Å²) in [6.45, 7) is 16.5. The third kappa shape index (κ3) is 4.17. The Morgan fingerprint density at radius 1 is 1.17 bits per heavy atom. The highest BCUT2D eigenvalue weighted by atomic mass is 14.2. The molecule has 0 spiro atoms. The Kier molecular flexibility index (Phi) is 4.02. The second-order valence-corrected chi connectivity index (χ2v) is 4.12. The predicted octanol–water partition coefficient (Wildman–Crippen LogP) is 4.11. The van der Waals surface area contributed by atoms with Crippen molar-refractivity contribution in [2.24, 2.45) is 5.41 Å². The third-order valence-electron chi connectivity index (χ3n) is 1.94. The Morgan fingerprint density at radius 2 is 1.67 bits per heavy atom. The van der Waals surface area contributed by atoms with Gasteiger partial charge in [-0.05, 0) is 17.4 Å². The van der Waals surface area contributed by atoms with Gasteiger partial charge in [-0.1, -0.05) is 58.6 Å². The molecule has 0 aromatic rings. The molecule has 0 saturated heterocycles. The van der Waals surface area contributed by atoms with Gasteiger partial charge in [0.2, 0.25) is 0 Å². The summed E-state index contributed by atoms with van der Waals surface area (Å²) in [5.74, 6) is 0. The van der Waals surface area contributed by atoms with Crippen LogP contribution in [0.3, 0.4) is 0 Å². The molecule has 0 aliphatic heterocycles. The van der Waals surface area contributed by atoms with Gasteiger partial charge in [0.25, 0.3) is 0 Å². The van der Waals surface area contributed by atoms with E-state index >= 15 is 0 Å². The van der Waals surface area contributed by atoms with Gasteiger partial charge >= 0.3 is 0 Å². The first kappa shape index (κ1) is 11.2. The van der Waals surface area contributed by atoms with Gasteiger partial charge in [-0.15, -0.1) is 0 Å². The Balaban J connectivity index is 4.19. The van der Waals surface area contributed by atoms with Crippen molar-refractivity contribution in [3.63, 3.8) is 0 Å². The lowest BCUT2D eigenvalue weighted by atomic mass is 9.87. The van der Waals surface area contributed by atoms with Crippen LogP contribution < -0.4 is 0 Å². The van der Waals surface area contributed by atoms with Crippen molar-refractivity contribution in [1.29, 1.82) is 0 Å². The van der Waals surface area contributed by atoms with Gasteiger partial charge in [0.15, 0.2) is 0 Å². The third-order valence-corrected chi connectivity index (χ3v) is 1.94. The van der Waals surface area contributed by atoms with Crippen LogP contribution >= 0.6 is 0 Å². The summed E-state index contributed by atoms with van der Waals surface area (Å²) in [6, 6.07) is 0. The molecule has 0 aliphatic carbocycles. The molecule has 0 aliphatic rings. The maximum atomic E-state index is 4.00. The van der Waals surface area contributed by atoms with E-state index in [9.17, 15) is 0 Å². The van der Waals surface area contributed by atoms with E-state index in [1.807, 2.05) is 6.08 Å². The summed E-state index contributed by atoms with van der Waals surface area (Å²) in [7, 11) is 0. The van der Waals surface area contributed by atoms with E-state index in [-0.39, 0.29) is 5.41 Å².